The number of nitrogens with one attached hydrogen (secondary N) is 2. The Hall–Kier alpha value is -2.24. The molecule has 0 bridgehead atoms. The van der Waals surface area contributed by atoms with Gasteiger partial charge in [-0.15, -0.1) is 0 Å². The first-order chi connectivity index (χ1) is 11.1. The largest absolute Gasteiger partial charge is 0.351 e. The molecule has 0 fully saturated rings. The molecule has 2 rings (SSSR count). The van der Waals surface area contributed by atoms with Gasteiger partial charge in [-0.25, -0.2) is 10.3 Å². The average molecular weight is 353 g/mol. The molecule has 0 saturated heterocycles. The Kier molecular flexibility index (Phi) is 6.26. The van der Waals surface area contributed by atoms with Crippen LogP contribution in [0.25, 0.3) is 0 Å². The first-order valence-corrected chi connectivity index (χ1v) is 7.52. The summed E-state index contributed by atoms with van der Waals surface area (Å²) in [5.41, 5.74) is 3.54. The molecule has 0 saturated carbocycles. The maximum atomic E-state index is 11.7. The standard InChI is InChI=1S/C16H14Cl2N2O3/c17-12-7-4-8-13(18)16(12)20-23-15(22)10-19-14(21)9-11-5-2-1-3-6-11/h1-8,20H,9-10H2,(H,19,21). The van der Waals surface area contributed by atoms with E-state index in [0.29, 0.717) is 15.7 Å². The number of hydrogen-bond donors (Lipinski definition) is 2. The summed E-state index contributed by atoms with van der Waals surface area (Å²) in [4.78, 5) is 28.1. The molecular weight excluding hydrogens is 339 g/mol. The van der Waals surface area contributed by atoms with Gasteiger partial charge in [0, 0.05) is 0 Å². The van der Waals surface area contributed by atoms with Crippen LogP contribution in [0.4, 0.5) is 5.69 Å². The van der Waals surface area contributed by atoms with E-state index in [0.717, 1.165) is 5.56 Å². The van der Waals surface area contributed by atoms with E-state index < -0.39 is 5.97 Å². The van der Waals surface area contributed by atoms with Crippen molar-refractivity contribution in [3.05, 3.63) is 64.1 Å². The molecule has 0 aromatic heterocycles. The monoisotopic (exact) mass is 352 g/mol. The molecular formula is C16H14Cl2N2O3. The van der Waals surface area contributed by atoms with Crippen LogP contribution in [0.2, 0.25) is 10.0 Å². The average Bonchev–Trinajstić information content (AvgIpc) is 2.53. The molecule has 0 aliphatic heterocycles. The number of hydrogen-bond acceptors (Lipinski definition) is 4. The third-order valence-electron chi connectivity index (χ3n) is 2.87. The second kappa shape index (κ2) is 8.41. The van der Waals surface area contributed by atoms with Crippen molar-refractivity contribution in [1.82, 2.24) is 5.32 Å². The van der Waals surface area contributed by atoms with Crippen LogP contribution in [-0.4, -0.2) is 18.4 Å². The molecule has 0 aliphatic rings. The van der Waals surface area contributed by atoms with Gasteiger partial charge in [0.15, 0.2) is 0 Å². The highest BCUT2D eigenvalue weighted by atomic mass is 35.5. The van der Waals surface area contributed by atoms with Gasteiger partial charge in [0.2, 0.25) is 5.91 Å². The lowest BCUT2D eigenvalue weighted by atomic mass is 10.1. The SMILES string of the molecule is O=C(Cc1ccccc1)NCC(=O)ONc1c(Cl)cccc1Cl. The van der Waals surface area contributed by atoms with E-state index >= 15 is 0 Å². The van der Waals surface area contributed by atoms with Crippen molar-refractivity contribution < 1.29 is 14.4 Å². The van der Waals surface area contributed by atoms with Crippen LogP contribution in [0.1, 0.15) is 5.56 Å². The molecule has 1 amide bonds. The Labute approximate surface area is 143 Å². The molecule has 2 aromatic carbocycles. The summed E-state index contributed by atoms with van der Waals surface area (Å²) in [5, 5.41) is 3.11. The number of para-hydroxylation sites is 1. The van der Waals surface area contributed by atoms with E-state index in [-0.39, 0.29) is 18.9 Å². The van der Waals surface area contributed by atoms with Gasteiger partial charge in [0.05, 0.1) is 16.5 Å². The number of carbonyl (C=O) groups is 2. The Morgan fingerprint density at radius 1 is 0.957 bits per heavy atom. The minimum absolute atomic E-state index is 0.192. The summed E-state index contributed by atoms with van der Waals surface area (Å²) in [7, 11) is 0. The van der Waals surface area contributed by atoms with Gasteiger partial charge in [-0.1, -0.05) is 59.6 Å². The van der Waals surface area contributed by atoms with Crippen molar-refractivity contribution >= 4 is 40.8 Å². The van der Waals surface area contributed by atoms with E-state index in [1.165, 1.54) is 0 Å². The maximum Gasteiger partial charge on any atom is 0.351 e. The Balaban J connectivity index is 1.76. The molecule has 23 heavy (non-hydrogen) atoms. The predicted molar refractivity (Wildman–Crippen MR) is 89.3 cm³/mol. The fraction of sp³-hybridized carbons (Fsp3) is 0.125. The second-order valence-corrected chi connectivity index (χ2v) is 5.43. The van der Waals surface area contributed by atoms with Gasteiger partial charge in [0.1, 0.15) is 12.2 Å². The molecule has 0 aliphatic carbocycles. The highest BCUT2D eigenvalue weighted by Gasteiger charge is 2.10. The summed E-state index contributed by atoms with van der Waals surface area (Å²) in [5.74, 6) is -0.939. The van der Waals surface area contributed by atoms with Crippen molar-refractivity contribution in [2.45, 2.75) is 6.42 Å². The lowest BCUT2D eigenvalue weighted by Crippen LogP contribution is -2.32. The number of halogens is 2. The molecule has 7 heteroatoms. The van der Waals surface area contributed by atoms with Crippen LogP contribution in [0.3, 0.4) is 0 Å². The van der Waals surface area contributed by atoms with Gasteiger partial charge >= 0.3 is 5.97 Å². The summed E-state index contributed by atoms with van der Waals surface area (Å²) in [6, 6.07) is 14.1. The smallest absolute Gasteiger partial charge is 0.345 e. The highest BCUT2D eigenvalue weighted by molar-refractivity contribution is 6.39. The first kappa shape index (κ1) is 17.1. The third kappa shape index (κ3) is 5.47. The van der Waals surface area contributed by atoms with Crippen molar-refractivity contribution in [3.8, 4) is 0 Å². The fourth-order valence-electron chi connectivity index (χ4n) is 1.75. The number of rotatable bonds is 6. The zero-order valence-electron chi connectivity index (χ0n) is 12.0. The molecule has 2 N–H and O–H groups in total. The number of benzene rings is 2. The van der Waals surface area contributed by atoms with Gasteiger partial charge in [-0.3, -0.25) is 4.79 Å². The Morgan fingerprint density at radius 2 is 1.61 bits per heavy atom. The molecule has 0 unspecified atom stereocenters. The summed E-state index contributed by atoms with van der Waals surface area (Å²) >= 11 is 11.8. The van der Waals surface area contributed by atoms with Crippen LogP contribution >= 0.6 is 23.2 Å². The summed E-state index contributed by atoms with van der Waals surface area (Å²) in [6.07, 6.45) is 0.192. The number of anilines is 1. The first-order valence-electron chi connectivity index (χ1n) is 6.76. The highest BCUT2D eigenvalue weighted by Crippen LogP contribution is 2.29. The Bertz CT molecular complexity index is 673. The van der Waals surface area contributed by atoms with E-state index in [9.17, 15) is 9.59 Å². The topological polar surface area (TPSA) is 67.4 Å². The van der Waals surface area contributed by atoms with Crippen molar-refractivity contribution in [2.24, 2.45) is 0 Å². The normalized spacial score (nSPS) is 10.0. The molecule has 0 radical (unpaired) electrons. The van der Waals surface area contributed by atoms with Gasteiger partial charge in [-0.2, -0.15) is 0 Å². The van der Waals surface area contributed by atoms with Crippen molar-refractivity contribution in [3.63, 3.8) is 0 Å². The van der Waals surface area contributed by atoms with Crippen LogP contribution in [-0.2, 0) is 20.8 Å². The van der Waals surface area contributed by atoms with Crippen molar-refractivity contribution in [2.75, 3.05) is 12.0 Å². The minimum atomic E-state index is -0.664. The number of carbonyl (C=O) groups excluding carboxylic acids is 2. The third-order valence-corrected chi connectivity index (χ3v) is 3.50. The van der Waals surface area contributed by atoms with E-state index in [2.05, 4.69) is 10.8 Å². The molecule has 0 atom stereocenters. The van der Waals surface area contributed by atoms with Gasteiger partial charge < -0.3 is 10.2 Å². The Morgan fingerprint density at radius 3 is 2.26 bits per heavy atom. The van der Waals surface area contributed by atoms with Crippen LogP contribution in [0, 0.1) is 0 Å². The zero-order chi connectivity index (χ0) is 16.7. The summed E-state index contributed by atoms with van der Waals surface area (Å²) in [6.45, 7) is -0.263. The zero-order valence-corrected chi connectivity index (χ0v) is 13.5. The molecule has 0 spiro atoms. The van der Waals surface area contributed by atoms with E-state index in [1.807, 2.05) is 30.3 Å². The van der Waals surface area contributed by atoms with Crippen LogP contribution in [0.5, 0.6) is 0 Å². The maximum absolute atomic E-state index is 11.7. The molecule has 2 aromatic rings. The van der Waals surface area contributed by atoms with Crippen LogP contribution in [0.15, 0.2) is 48.5 Å². The lowest BCUT2D eigenvalue weighted by Gasteiger charge is -2.10. The molecule has 120 valence electrons. The lowest BCUT2D eigenvalue weighted by molar-refractivity contribution is -0.141. The van der Waals surface area contributed by atoms with E-state index in [1.54, 1.807) is 18.2 Å². The fourth-order valence-corrected chi connectivity index (χ4v) is 2.23. The quantitative estimate of drug-likeness (QED) is 0.783. The predicted octanol–water partition coefficient (Wildman–Crippen LogP) is 3.22. The number of amides is 1. The van der Waals surface area contributed by atoms with Crippen LogP contribution < -0.4 is 10.8 Å². The van der Waals surface area contributed by atoms with E-state index in [4.69, 9.17) is 28.0 Å². The van der Waals surface area contributed by atoms with Crippen molar-refractivity contribution in [1.29, 1.82) is 0 Å². The molecule has 0 heterocycles. The summed E-state index contributed by atoms with van der Waals surface area (Å²) < 4.78 is 0. The van der Waals surface area contributed by atoms with Gasteiger partial charge in [-0.05, 0) is 17.7 Å². The molecule has 5 nitrogen and oxygen atoms in total. The second-order valence-electron chi connectivity index (χ2n) is 4.61. The minimum Gasteiger partial charge on any atom is -0.345 e. The van der Waals surface area contributed by atoms with Gasteiger partial charge in [0.25, 0.3) is 0 Å².